The molecule has 0 aliphatic carbocycles. The number of pyridine rings is 1. The van der Waals surface area contributed by atoms with Crippen molar-refractivity contribution in [2.24, 2.45) is 0 Å². The summed E-state index contributed by atoms with van der Waals surface area (Å²) in [5.74, 6) is 1.01. The average molecular weight is 1030 g/mol. The minimum Gasteiger partial charge on any atom is -0.501 e. The number of aromatic nitrogens is 3. The Labute approximate surface area is 399 Å². The summed E-state index contributed by atoms with van der Waals surface area (Å²) >= 11 is 0. The van der Waals surface area contributed by atoms with Crippen LogP contribution in [0, 0.1) is 24.8 Å². The molecule has 0 saturated carbocycles. The Morgan fingerprint density at radius 1 is 0.692 bits per heavy atom. The Morgan fingerprint density at radius 2 is 1.37 bits per heavy atom. The van der Waals surface area contributed by atoms with E-state index in [-0.39, 0.29) is 48.7 Å². The van der Waals surface area contributed by atoms with Gasteiger partial charge in [-0.1, -0.05) is 150 Å². The van der Waals surface area contributed by atoms with Gasteiger partial charge >= 0.3 is 0 Å². The fourth-order valence-electron chi connectivity index (χ4n) is 8.38. The van der Waals surface area contributed by atoms with Crippen molar-refractivity contribution >= 4 is 33.0 Å². The number of nitrogens with zero attached hydrogens (tertiary/aromatic N) is 3. The standard InChI is InChI=1S/C47H43N2O.C12H9FN.Ir/c1-29(2)39-26-34(33-22-20-32(21-23-33)31-14-9-8-10-15-31)27-40(30(3)4)44(39)49-42-19-12-11-18-41(42)48-46(49)38-17-13-16-37-36-25-24-35(47(5,6)7)28-43(36)50-45(37)38;1-9-2-7-12(14-8-9)10-3-5-11(13)6-4-10;/h8-16,18-30H,1-7H3;2-3,5-8H,1H3;/q2*-1;/i;1D3;. The van der Waals surface area contributed by atoms with E-state index in [9.17, 15) is 4.39 Å². The van der Waals surface area contributed by atoms with Crippen LogP contribution in [0.1, 0.15) is 86.7 Å². The molecule has 327 valence electrons. The van der Waals surface area contributed by atoms with Crippen LogP contribution in [0.15, 0.2) is 162 Å². The molecule has 10 rings (SSSR count). The van der Waals surface area contributed by atoms with E-state index in [2.05, 4.69) is 185 Å². The van der Waals surface area contributed by atoms with Crippen molar-refractivity contribution in [2.75, 3.05) is 0 Å². The van der Waals surface area contributed by atoms with Crippen molar-refractivity contribution in [3.05, 3.63) is 198 Å². The molecule has 0 saturated heterocycles. The summed E-state index contributed by atoms with van der Waals surface area (Å²) in [6.45, 7) is 13.7. The summed E-state index contributed by atoms with van der Waals surface area (Å²) in [5, 5.41) is 2.19. The SMILES string of the molecule is CC(C)c1cc(-c2ccc(-c3ccccc3)cc2)cc(C(C)C)c1-n1c(-c2[c-]ccc3c2oc2cc(C(C)(C)C)ccc23)nc2ccccc21.[2H]C([2H])([2H])c1ccc(-c2[c-]cc(F)cc2)nc1.[Ir]. The number of aryl methyl sites for hydroxylation is 1. The summed E-state index contributed by atoms with van der Waals surface area (Å²) in [7, 11) is 0. The van der Waals surface area contributed by atoms with Crippen molar-refractivity contribution < 1.29 is 33.0 Å². The van der Waals surface area contributed by atoms with E-state index in [4.69, 9.17) is 13.5 Å². The van der Waals surface area contributed by atoms with Gasteiger partial charge in [-0.15, -0.1) is 48.0 Å². The number of hydrogen-bond donors (Lipinski definition) is 0. The number of rotatable bonds is 7. The topological polar surface area (TPSA) is 43.9 Å². The first-order valence-electron chi connectivity index (χ1n) is 23.4. The molecule has 0 fully saturated rings. The van der Waals surface area contributed by atoms with Crippen molar-refractivity contribution in [1.82, 2.24) is 14.5 Å². The quantitative estimate of drug-likeness (QED) is 0.149. The Bertz CT molecular complexity index is 3340. The molecule has 10 aromatic rings. The van der Waals surface area contributed by atoms with Crippen LogP contribution in [0.2, 0.25) is 0 Å². The molecule has 6 heteroatoms. The van der Waals surface area contributed by atoms with Crippen LogP contribution in [0.25, 0.3) is 83.6 Å². The summed E-state index contributed by atoms with van der Waals surface area (Å²) in [5.41, 5.74) is 15.9. The first kappa shape index (κ1) is 41.3. The monoisotopic (exact) mass is 1030 g/mol. The summed E-state index contributed by atoms with van der Waals surface area (Å²) < 4.78 is 43.5. The molecule has 0 N–H and O–H groups in total. The van der Waals surface area contributed by atoms with Gasteiger partial charge in [-0.05, 0) is 105 Å². The molecule has 3 aromatic heterocycles. The van der Waals surface area contributed by atoms with Gasteiger partial charge in [-0.25, -0.2) is 0 Å². The molecule has 1 radical (unpaired) electrons. The van der Waals surface area contributed by atoms with Crippen LogP contribution >= 0.6 is 0 Å². The average Bonchev–Trinajstić information content (AvgIpc) is 3.90. The fraction of sp³-hybridized carbons (Fsp3) is 0.186. The van der Waals surface area contributed by atoms with Gasteiger partial charge in [0.25, 0.3) is 0 Å². The van der Waals surface area contributed by atoms with E-state index in [0.29, 0.717) is 11.3 Å². The minimum atomic E-state index is -2.15. The number of benzene rings is 7. The minimum absolute atomic E-state index is 0. The first-order chi connectivity index (χ1) is 32.0. The molecule has 0 aliphatic rings. The third kappa shape index (κ3) is 9.12. The molecule has 0 amide bonds. The third-order valence-electron chi connectivity index (χ3n) is 11.9. The molecular formula is C59H52FIrN3O-2. The van der Waals surface area contributed by atoms with Crippen LogP contribution < -0.4 is 0 Å². The second-order valence-electron chi connectivity index (χ2n) is 18.0. The Balaban J connectivity index is 0.000000293. The van der Waals surface area contributed by atoms with E-state index in [1.807, 2.05) is 6.07 Å². The van der Waals surface area contributed by atoms with Crippen LogP contribution in [-0.4, -0.2) is 14.5 Å². The number of fused-ring (bicyclic) bond motifs is 4. The van der Waals surface area contributed by atoms with Crippen LogP contribution in [0.5, 0.6) is 0 Å². The molecule has 4 nitrogen and oxygen atoms in total. The van der Waals surface area contributed by atoms with Crippen molar-refractivity contribution in [2.45, 2.75) is 72.6 Å². The smallest absolute Gasteiger partial charge is 0.121 e. The van der Waals surface area contributed by atoms with E-state index < -0.39 is 6.85 Å². The van der Waals surface area contributed by atoms with Gasteiger partial charge < -0.3 is 14.0 Å². The Hall–Kier alpha value is -6.46. The maximum atomic E-state index is 12.7. The normalized spacial score (nSPS) is 12.5. The zero-order valence-corrected chi connectivity index (χ0v) is 40.0. The number of hydrogen-bond acceptors (Lipinski definition) is 3. The largest absolute Gasteiger partial charge is 0.501 e. The zero-order chi connectivity index (χ0) is 47.2. The van der Waals surface area contributed by atoms with E-state index in [1.54, 1.807) is 12.1 Å². The molecule has 7 aromatic carbocycles. The van der Waals surface area contributed by atoms with Gasteiger partial charge in [0.1, 0.15) is 5.58 Å². The maximum absolute atomic E-state index is 12.7. The molecule has 3 heterocycles. The van der Waals surface area contributed by atoms with Crippen molar-refractivity contribution in [3.8, 4) is 50.6 Å². The van der Waals surface area contributed by atoms with Crippen molar-refractivity contribution in [3.63, 3.8) is 0 Å². The van der Waals surface area contributed by atoms with Gasteiger partial charge in [0.15, 0.2) is 0 Å². The molecule has 0 bridgehead atoms. The second-order valence-corrected chi connectivity index (χ2v) is 18.0. The van der Waals surface area contributed by atoms with Crippen LogP contribution in [-0.2, 0) is 25.5 Å². The van der Waals surface area contributed by atoms with Gasteiger partial charge in [0.05, 0.1) is 22.4 Å². The van der Waals surface area contributed by atoms with Crippen LogP contribution in [0.3, 0.4) is 0 Å². The summed E-state index contributed by atoms with van der Waals surface area (Å²) in [4.78, 5) is 9.36. The van der Waals surface area contributed by atoms with E-state index in [0.717, 1.165) is 44.4 Å². The molecule has 0 unspecified atom stereocenters. The molecule has 65 heavy (non-hydrogen) atoms. The number of para-hydroxylation sites is 2. The Morgan fingerprint density at radius 3 is 2.00 bits per heavy atom. The van der Waals surface area contributed by atoms with Gasteiger partial charge in [0, 0.05) is 47.3 Å². The number of halogens is 1. The van der Waals surface area contributed by atoms with Gasteiger partial charge in [-0.3, -0.25) is 9.37 Å². The molecule has 0 spiro atoms. The summed E-state index contributed by atoms with van der Waals surface area (Å²) in [6, 6.07) is 57.0. The van der Waals surface area contributed by atoms with Gasteiger partial charge in [-0.2, -0.15) is 0 Å². The predicted octanol–water partition coefficient (Wildman–Crippen LogP) is 16.3. The molecule has 0 aliphatic heterocycles. The van der Waals surface area contributed by atoms with Crippen molar-refractivity contribution in [1.29, 1.82) is 0 Å². The maximum Gasteiger partial charge on any atom is 0.121 e. The fourth-order valence-corrected chi connectivity index (χ4v) is 8.38. The molecular weight excluding hydrogens is 978 g/mol. The molecule has 0 atom stereocenters. The van der Waals surface area contributed by atoms with Gasteiger partial charge in [0.2, 0.25) is 0 Å². The second kappa shape index (κ2) is 18.6. The summed E-state index contributed by atoms with van der Waals surface area (Å²) in [6.07, 6.45) is 1.31. The number of imidazole rings is 1. The zero-order valence-electron chi connectivity index (χ0n) is 40.6. The third-order valence-corrected chi connectivity index (χ3v) is 11.9. The first-order valence-corrected chi connectivity index (χ1v) is 21.9. The van der Waals surface area contributed by atoms with Crippen LogP contribution in [0.4, 0.5) is 4.39 Å². The van der Waals surface area contributed by atoms with E-state index in [1.165, 1.54) is 69.0 Å². The Kier molecular flexibility index (Phi) is 11.8. The van der Waals surface area contributed by atoms with E-state index >= 15 is 0 Å². The predicted molar refractivity (Wildman–Crippen MR) is 264 cm³/mol. The number of furan rings is 1.